The van der Waals surface area contributed by atoms with E-state index in [1.165, 1.54) is 4.90 Å². The molecular weight excluding hydrogens is 688 g/mol. The first kappa shape index (κ1) is 39.9. The van der Waals surface area contributed by atoms with Gasteiger partial charge in [-0.3, -0.25) is 24.0 Å². The minimum Gasteiger partial charge on any atom is -0.444 e. The first-order valence-electron chi connectivity index (χ1n) is 17.6. The minimum atomic E-state index is -1.23. The number of para-hydroxylation sites is 2. The number of piperazine rings is 1. The lowest BCUT2D eigenvalue weighted by Gasteiger charge is -2.43. The summed E-state index contributed by atoms with van der Waals surface area (Å²) in [5.41, 5.74) is 0.512. The Balaban J connectivity index is 1.60. The van der Waals surface area contributed by atoms with Gasteiger partial charge in [-0.05, 0) is 88.8 Å². The van der Waals surface area contributed by atoms with E-state index in [4.69, 9.17) is 16.3 Å². The fourth-order valence-corrected chi connectivity index (χ4v) is 6.07. The van der Waals surface area contributed by atoms with E-state index in [2.05, 4.69) is 21.3 Å². The highest BCUT2D eigenvalue weighted by Crippen LogP contribution is 2.25. The van der Waals surface area contributed by atoms with E-state index in [9.17, 15) is 28.8 Å². The van der Waals surface area contributed by atoms with Crippen molar-refractivity contribution in [2.45, 2.75) is 90.4 Å². The Kier molecular flexibility index (Phi) is 13.8. The summed E-state index contributed by atoms with van der Waals surface area (Å²) < 4.78 is 5.40. The molecule has 2 aromatic carbocycles. The van der Waals surface area contributed by atoms with Crippen molar-refractivity contribution in [3.8, 4) is 0 Å². The number of nitrogens with one attached hydrogen (secondary N) is 4. The highest BCUT2D eigenvalue weighted by molar-refractivity contribution is 6.43. The molecule has 0 spiro atoms. The molecule has 0 aliphatic carbocycles. The number of amides is 5. The maximum absolute atomic E-state index is 14.3. The number of carbonyl (C=O) groups excluding carboxylic acids is 6. The molecule has 52 heavy (non-hydrogen) atoms. The Morgan fingerprint density at radius 3 is 2.25 bits per heavy atom. The van der Waals surface area contributed by atoms with Gasteiger partial charge < -0.3 is 35.8 Å². The third-order valence-corrected chi connectivity index (χ3v) is 8.88. The van der Waals surface area contributed by atoms with Gasteiger partial charge in [-0.15, -0.1) is 0 Å². The van der Waals surface area contributed by atoms with Crippen LogP contribution in [0.3, 0.4) is 0 Å². The number of Topliss-reactive ketones (excluding diaryl/α,β-unsaturated/α-hetero) is 1. The van der Waals surface area contributed by atoms with Crippen molar-refractivity contribution in [1.29, 1.82) is 0 Å². The summed E-state index contributed by atoms with van der Waals surface area (Å²) in [5, 5.41) is 11.4. The maximum Gasteiger partial charge on any atom is 0.408 e. The van der Waals surface area contributed by atoms with Gasteiger partial charge in [-0.1, -0.05) is 49.7 Å². The molecule has 5 amide bonds. The number of nitrogens with zero attached hydrogens (tertiary/aromatic N) is 2. The summed E-state index contributed by atoms with van der Waals surface area (Å²) >= 11 is 6.16. The van der Waals surface area contributed by atoms with Crippen molar-refractivity contribution in [3.05, 3.63) is 65.7 Å². The molecule has 2 heterocycles. The summed E-state index contributed by atoms with van der Waals surface area (Å²) in [6, 6.07) is 10.4. The van der Waals surface area contributed by atoms with Gasteiger partial charge in [0.15, 0.2) is 0 Å². The lowest BCUT2D eigenvalue weighted by Crippen LogP contribution is -2.64. The van der Waals surface area contributed by atoms with Crippen LogP contribution in [0.1, 0.15) is 66.7 Å². The third-order valence-electron chi connectivity index (χ3n) is 8.63. The number of alkyl carbamates (subject to hydrolysis) is 1. The number of hydrogen-bond donors (Lipinski definition) is 4. The quantitative estimate of drug-likeness (QED) is 0.236. The zero-order valence-electron chi connectivity index (χ0n) is 30.4. The van der Waals surface area contributed by atoms with Gasteiger partial charge in [0.2, 0.25) is 23.5 Å². The van der Waals surface area contributed by atoms with Crippen molar-refractivity contribution in [2.75, 3.05) is 35.2 Å². The molecule has 2 aliphatic heterocycles. The van der Waals surface area contributed by atoms with E-state index < -0.39 is 47.4 Å². The lowest BCUT2D eigenvalue weighted by molar-refractivity contribution is -0.138. The Morgan fingerprint density at radius 2 is 1.60 bits per heavy atom. The molecule has 3 atom stereocenters. The Morgan fingerprint density at radius 1 is 0.923 bits per heavy atom. The van der Waals surface area contributed by atoms with Crippen LogP contribution in [0.25, 0.3) is 0 Å². The average Bonchev–Trinajstić information content (AvgIpc) is 3.09. The average molecular weight is 737 g/mol. The standard InChI is InChI=1S/C38H49ClN6O7/c1-24(2)32(43-37(51)52-38(3,4)5)36(50)44-21-22-45(26-19-17-25(39)18-20-26)30(23-44)34(48)42-29-15-9-7-6-8-10-16-31(46)40-27-13-11-12-14-28(27)41-35(49)33(29)47/h7,9,11-14,17-20,24,29-30,32H,6,8,10,15-16,21-23H2,1-5H3,(H,40,46)(H,41,49)(H,42,48)(H,43,51)/b9-7+/t29-,30-,32-/m1/s1. The molecule has 4 rings (SSSR count). The van der Waals surface area contributed by atoms with E-state index in [0.717, 1.165) is 6.42 Å². The molecule has 0 saturated carbocycles. The summed E-state index contributed by atoms with van der Waals surface area (Å²) in [6.07, 6.45) is 5.24. The normalized spacial score (nSPS) is 20.3. The number of carbonyl (C=O) groups is 6. The number of rotatable bonds is 6. The van der Waals surface area contributed by atoms with Crippen molar-refractivity contribution in [3.63, 3.8) is 0 Å². The Bertz CT molecular complexity index is 1660. The van der Waals surface area contributed by atoms with Crippen LogP contribution in [0.4, 0.5) is 21.9 Å². The SMILES string of the molecule is CC(C)[C@@H](NC(=O)OC(C)(C)C)C(=O)N1CCN(c2ccc(Cl)cc2)[C@@H](C(=O)N[C@@H]2C/C=C/CCCCC(=O)Nc3ccccc3NC(=O)C2=O)C1. The van der Waals surface area contributed by atoms with Crippen LogP contribution < -0.4 is 26.2 Å². The molecule has 14 heteroatoms. The number of benzene rings is 2. The zero-order chi connectivity index (χ0) is 38.0. The van der Waals surface area contributed by atoms with Crippen LogP contribution in [0.15, 0.2) is 60.7 Å². The second-order valence-electron chi connectivity index (χ2n) is 14.3. The van der Waals surface area contributed by atoms with Gasteiger partial charge >= 0.3 is 6.09 Å². The van der Waals surface area contributed by atoms with Crippen molar-refractivity contribution in [1.82, 2.24) is 15.5 Å². The molecular formula is C38H49ClN6O7. The maximum atomic E-state index is 14.3. The van der Waals surface area contributed by atoms with E-state index in [-0.39, 0.29) is 49.5 Å². The fraction of sp³-hybridized carbons (Fsp3) is 0.474. The first-order valence-corrected chi connectivity index (χ1v) is 18.0. The summed E-state index contributed by atoms with van der Waals surface area (Å²) in [7, 11) is 0. The number of halogens is 1. The third kappa shape index (κ3) is 11.3. The van der Waals surface area contributed by atoms with E-state index >= 15 is 0 Å². The zero-order valence-corrected chi connectivity index (χ0v) is 31.1. The van der Waals surface area contributed by atoms with Gasteiger partial charge in [0.05, 0.1) is 17.9 Å². The fourth-order valence-electron chi connectivity index (χ4n) is 5.95. The highest BCUT2D eigenvalue weighted by Gasteiger charge is 2.40. The van der Waals surface area contributed by atoms with Crippen LogP contribution in [-0.2, 0) is 28.7 Å². The van der Waals surface area contributed by atoms with Gasteiger partial charge in [-0.25, -0.2) is 4.79 Å². The van der Waals surface area contributed by atoms with Crippen LogP contribution in [0.2, 0.25) is 5.02 Å². The predicted octanol–water partition coefficient (Wildman–Crippen LogP) is 5.06. The number of ketones is 1. The van der Waals surface area contributed by atoms with E-state index in [0.29, 0.717) is 35.7 Å². The molecule has 2 aromatic rings. The van der Waals surface area contributed by atoms with Crippen molar-refractivity contribution in [2.24, 2.45) is 5.92 Å². The molecule has 0 radical (unpaired) electrons. The lowest BCUT2D eigenvalue weighted by atomic mass is 10.0. The van der Waals surface area contributed by atoms with Crippen LogP contribution in [0.5, 0.6) is 0 Å². The molecule has 4 N–H and O–H groups in total. The second kappa shape index (κ2) is 18.0. The number of fused-ring (bicyclic) bond motifs is 1. The highest BCUT2D eigenvalue weighted by atomic mass is 35.5. The molecule has 0 aromatic heterocycles. The van der Waals surface area contributed by atoms with E-state index in [1.807, 2.05) is 11.0 Å². The minimum absolute atomic E-state index is 0.0440. The molecule has 280 valence electrons. The largest absolute Gasteiger partial charge is 0.444 e. The Hall–Kier alpha value is -4.91. The number of ether oxygens (including phenoxy) is 1. The van der Waals surface area contributed by atoms with Crippen molar-refractivity contribution >= 4 is 64.2 Å². The molecule has 2 aliphatic rings. The monoisotopic (exact) mass is 736 g/mol. The van der Waals surface area contributed by atoms with Crippen molar-refractivity contribution < 1.29 is 33.5 Å². The smallest absolute Gasteiger partial charge is 0.408 e. The summed E-state index contributed by atoms with van der Waals surface area (Å²) in [5.74, 6) is -3.29. The van der Waals surface area contributed by atoms with Gasteiger partial charge in [0.25, 0.3) is 5.91 Å². The molecule has 1 fully saturated rings. The van der Waals surface area contributed by atoms with Crippen LogP contribution in [0, 0.1) is 5.92 Å². The first-order chi connectivity index (χ1) is 24.6. The number of hydrogen-bond acceptors (Lipinski definition) is 8. The molecule has 13 nitrogen and oxygen atoms in total. The van der Waals surface area contributed by atoms with Gasteiger partial charge in [0.1, 0.15) is 23.7 Å². The van der Waals surface area contributed by atoms with Crippen LogP contribution >= 0.6 is 11.6 Å². The van der Waals surface area contributed by atoms with E-state index in [1.54, 1.807) is 89.2 Å². The number of allylic oxidation sites excluding steroid dienone is 1. The molecule has 0 bridgehead atoms. The predicted molar refractivity (Wildman–Crippen MR) is 200 cm³/mol. The van der Waals surface area contributed by atoms with Gasteiger partial charge in [0, 0.05) is 30.2 Å². The van der Waals surface area contributed by atoms with Crippen LogP contribution in [-0.4, -0.2) is 83.8 Å². The molecule has 1 saturated heterocycles. The summed E-state index contributed by atoms with van der Waals surface area (Å²) in [6.45, 7) is 9.23. The topological polar surface area (TPSA) is 166 Å². The second-order valence-corrected chi connectivity index (χ2v) is 14.7. The summed E-state index contributed by atoms with van der Waals surface area (Å²) in [4.78, 5) is 83.8. The number of anilines is 3. The van der Waals surface area contributed by atoms with Gasteiger partial charge in [-0.2, -0.15) is 0 Å². The Labute approximate surface area is 309 Å². The molecule has 0 unspecified atom stereocenters.